The number of hydrogen-bond donors (Lipinski definition) is 0. The largest absolute Gasteiger partial charge is 0.369 e. The van der Waals surface area contributed by atoms with Gasteiger partial charge in [-0.3, -0.25) is 9.30 Å². The lowest BCUT2D eigenvalue weighted by atomic mass is 10.2. The first-order chi connectivity index (χ1) is 15.7. The minimum atomic E-state index is -2.98. The Labute approximate surface area is 168 Å². The average molecular weight is 380 g/mol. The number of benzene rings is 1. The van der Waals surface area contributed by atoms with Crippen LogP contribution in [0.1, 0.15) is 17.4 Å². The summed E-state index contributed by atoms with van der Waals surface area (Å²) in [4.78, 5) is 13.5. The van der Waals surface area contributed by atoms with Crippen molar-refractivity contribution in [2.75, 3.05) is 37.4 Å². The number of halogens is 1. The molecule has 0 bridgehead atoms. The summed E-state index contributed by atoms with van der Waals surface area (Å²) in [5.74, 6) is 0. The second-order valence-corrected chi connectivity index (χ2v) is 6.14. The zero-order valence-corrected chi connectivity index (χ0v) is 14.5. The molecular weight excluding hydrogens is 350 g/mol. The predicted octanol–water partition coefficient (Wildman–Crippen LogP) is 2.36. The lowest BCUT2D eigenvalue weighted by Gasteiger charge is -2.36. The van der Waals surface area contributed by atoms with E-state index in [1.165, 1.54) is 28.7 Å². The normalized spacial score (nSPS) is 28.0. The van der Waals surface area contributed by atoms with E-state index in [9.17, 15) is 4.79 Å². The van der Waals surface area contributed by atoms with Crippen LogP contribution in [0.15, 0.2) is 53.5 Å². The summed E-state index contributed by atoms with van der Waals surface area (Å²) >= 11 is 5.98. The van der Waals surface area contributed by atoms with Crippen LogP contribution in [0.5, 0.6) is 0 Å². The third-order valence-electron chi connectivity index (χ3n) is 3.90. The van der Waals surface area contributed by atoms with Crippen molar-refractivity contribution in [1.82, 2.24) is 19.1 Å². The van der Waals surface area contributed by atoms with Crippen molar-refractivity contribution < 1.29 is 11.0 Å². The van der Waals surface area contributed by atoms with E-state index in [4.69, 9.17) is 22.6 Å². The maximum Gasteiger partial charge on any atom is 0.350 e. The Balaban J connectivity index is 1.65. The van der Waals surface area contributed by atoms with Crippen LogP contribution >= 0.6 is 11.6 Å². The van der Waals surface area contributed by atoms with E-state index in [2.05, 4.69) is 5.10 Å². The highest BCUT2D eigenvalue weighted by molar-refractivity contribution is 6.30. The van der Waals surface area contributed by atoms with E-state index in [0.717, 1.165) is 4.68 Å². The number of aryl methyl sites for hydroxylation is 1. The van der Waals surface area contributed by atoms with Gasteiger partial charge < -0.3 is 4.90 Å². The minimum absolute atomic E-state index is 0.00712. The van der Waals surface area contributed by atoms with E-state index in [1.54, 1.807) is 24.4 Å². The lowest BCUT2D eigenvalue weighted by molar-refractivity contribution is 0.248. The molecule has 1 fully saturated rings. The molecule has 1 aromatic carbocycles. The van der Waals surface area contributed by atoms with Gasteiger partial charge in [-0.05, 0) is 36.8 Å². The van der Waals surface area contributed by atoms with Crippen molar-refractivity contribution in [3.05, 3.63) is 64.2 Å². The Morgan fingerprint density at radius 1 is 1.08 bits per heavy atom. The first-order valence-corrected chi connectivity index (χ1v) is 8.48. The van der Waals surface area contributed by atoms with Gasteiger partial charge in [0.05, 0.1) is 5.48 Å². The molecule has 7 heteroatoms. The van der Waals surface area contributed by atoms with Gasteiger partial charge in [-0.25, -0.2) is 9.48 Å². The van der Waals surface area contributed by atoms with Crippen LogP contribution in [-0.2, 0) is 6.54 Å². The smallest absolute Gasteiger partial charge is 0.350 e. The fourth-order valence-electron chi connectivity index (χ4n) is 2.63. The summed E-state index contributed by atoms with van der Waals surface area (Å²) in [6.07, 6.45) is 1.57. The van der Waals surface area contributed by atoms with Gasteiger partial charge in [0, 0.05) is 61.5 Å². The molecule has 0 unspecified atom stereocenters. The number of pyridine rings is 1. The van der Waals surface area contributed by atoms with Crippen LogP contribution in [0, 0.1) is 0 Å². The van der Waals surface area contributed by atoms with Crippen LogP contribution in [0.4, 0.5) is 5.69 Å². The molecule has 0 aliphatic carbocycles. The van der Waals surface area contributed by atoms with Gasteiger partial charge in [-0.1, -0.05) is 23.7 Å². The molecule has 0 amide bonds. The molecule has 0 atom stereocenters. The molecule has 3 heterocycles. The summed E-state index contributed by atoms with van der Waals surface area (Å²) in [5, 5.41) is 4.35. The third kappa shape index (κ3) is 3.61. The molecule has 0 saturated carbocycles. The highest BCUT2D eigenvalue weighted by Crippen LogP contribution is 2.20. The topological polar surface area (TPSA) is 45.8 Å². The molecule has 6 nitrogen and oxygen atoms in total. The summed E-state index contributed by atoms with van der Waals surface area (Å²) in [7, 11) is 0. The molecule has 26 heavy (non-hydrogen) atoms. The molecule has 0 N–H and O–H groups in total. The minimum Gasteiger partial charge on any atom is -0.369 e. The monoisotopic (exact) mass is 379 g/mol. The SMILES string of the molecule is [2H]C1([2H])N(CCCn2nc3ccccn3c2=O)C([2H])([2H])C([2H])([2H])N(c2cccc(Cl)c2)C1([2H])[2H]. The molecular formula is C19H22ClN5O. The maximum absolute atomic E-state index is 12.5. The van der Waals surface area contributed by atoms with E-state index >= 15 is 0 Å². The Hall–Kier alpha value is -2.31. The number of nitrogens with zero attached hydrogens (tertiary/aromatic N) is 5. The molecule has 0 radical (unpaired) electrons. The number of fused-ring (bicyclic) bond motifs is 1. The molecule has 4 rings (SSSR count). The van der Waals surface area contributed by atoms with E-state index in [0.29, 0.717) is 15.4 Å². The first kappa shape index (κ1) is 10.1. The van der Waals surface area contributed by atoms with Gasteiger partial charge in [0.2, 0.25) is 0 Å². The quantitative estimate of drug-likeness (QED) is 0.682. The summed E-state index contributed by atoms with van der Waals surface area (Å²) in [6, 6.07) is 10.6. The van der Waals surface area contributed by atoms with E-state index in [-0.39, 0.29) is 30.2 Å². The second kappa shape index (κ2) is 7.51. The van der Waals surface area contributed by atoms with E-state index in [1.807, 2.05) is 0 Å². The molecule has 1 saturated heterocycles. The molecule has 2 aromatic heterocycles. The molecule has 136 valence electrons. The summed E-state index contributed by atoms with van der Waals surface area (Å²) < 4.78 is 70.6. The van der Waals surface area contributed by atoms with Gasteiger partial charge in [-0.2, -0.15) is 0 Å². The Morgan fingerprint density at radius 2 is 1.92 bits per heavy atom. The lowest BCUT2D eigenvalue weighted by Crippen LogP contribution is -2.46. The molecule has 0 spiro atoms. The van der Waals surface area contributed by atoms with Crippen molar-refractivity contribution in [2.45, 2.75) is 13.0 Å². The van der Waals surface area contributed by atoms with Gasteiger partial charge in [0.15, 0.2) is 5.65 Å². The fourth-order valence-corrected chi connectivity index (χ4v) is 2.81. The summed E-state index contributed by atoms with van der Waals surface area (Å²) in [6.45, 7) is -12.2. The van der Waals surface area contributed by atoms with E-state index < -0.39 is 31.7 Å². The zero-order valence-electron chi connectivity index (χ0n) is 21.8. The zero-order chi connectivity index (χ0) is 25.1. The highest BCUT2D eigenvalue weighted by Gasteiger charge is 2.17. The van der Waals surface area contributed by atoms with Crippen molar-refractivity contribution >= 4 is 22.9 Å². The number of anilines is 1. The highest BCUT2D eigenvalue weighted by atomic mass is 35.5. The van der Waals surface area contributed by atoms with Crippen LogP contribution in [0.25, 0.3) is 5.65 Å². The van der Waals surface area contributed by atoms with Gasteiger partial charge in [0.25, 0.3) is 0 Å². The van der Waals surface area contributed by atoms with Crippen LogP contribution in [0.2, 0.25) is 5.02 Å². The average Bonchev–Trinajstić information content (AvgIpc) is 3.05. The molecule has 1 aliphatic rings. The predicted molar refractivity (Wildman–Crippen MR) is 104 cm³/mol. The van der Waals surface area contributed by atoms with Gasteiger partial charge in [0.1, 0.15) is 0 Å². The van der Waals surface area contributed by atoms with Crippen LogP contribution < -0.4 is 10.6 Å². The Morgan fingerprint density at radius 3 is 2.69 bits per heavy atom. The Kier molecular flexibility index (Phi) is 2.93. The van der Waals surface area contributed by atoms with Crippen LogP contribution in [0.3, 0.4) is 0 Å². The van der Waals surface area contributed by atoms with Gasteiger partial charge >= 0.3 is 5.69 Å². The molecule has 3 aromatic rings. The third-order valence-corrected chi connectivity index (χ3v) is 4.14. The van der Waals surface area contributed by atoms with Crippen molar-refractivity contribution in [3.63, 3.8) is 0 Å². The van der Waals surface area contributed by atoms with Crippen molar-refractivity contribution in [1.29, 1.82) is 0 Å². The van der Waals surface area contributed by atoms with Gasteiger partial charge in [-0.15, -0.1) is 5.10 Å². The first-order valence-electron chi connectivity index (χ1n) is 12.1. The van der Waals surface area contributed by atoms with Crippen molar-refractivity contribution in [2.24, 2.45) is 0 Å². The second-order valence-electron chi connectivity index (χ2n) is 5.70. The number of rotatable bonds is 5. The number of piperazine rings is 1. The summed E-state index contributed by atoms with van der Waals surface area (Å²) in [5.41, 5.74) is -0.0924. The van der Waals surface area contributed by atoms with Crippen molar-refractivity contribution in [3.8, 4) is 0 Å². The Bertz CT molecular complexity index is 1250. The number of aromatic nitrogens is 3. The van der Waals surface area contributed by atoms with Crippen LogP contribution in [-0.4, -0.2) is 51.6 Å². The fraction of sp³-hybridized carbons (Fsp3) is 0.368. The molecule has 1 aliphatic heterocycles. The standard InChI is InChI=1S/C19H22ClN5O/c20-16-5-3-6-17(15-16)23-13-11-22(12-14-23)8-4-10-25-19(26)24-9-2-1-7-18(24)21-25/h1-3,5-7,9,15H,4,8,10-14H2/i11D2,12D2,13D2,14D2. The maximum atomic E-state index is 12.5. The number of hydrogen-bond acceptors (Lipinski definition) is 4.